The Kier molecular flexibility index (Phi) is 6.16. The summed E-state index contributed by atoms with van der Waals surface area (Å²) >= 11 is 3.21. The lowest BCUT2D eigenvalue weighted by atomic mass is 9.99. The first-order valence-electron chi connectivity index (χ1n) is 7.65. The van der Waals surface area contributed by atoms with Gasteiger partial charge in [0.05, 0.1) is 16.8 Å². The SMILES string of the molecule is Cc1cc(-c2c(Br)ccc(NS(C)(=O)=O)c2F)cc(C)c1S(=O)(=O)C[N+](=O)[O-]. The molecule has 0 unspecified atom stereocenters. The van der Waals surface area contributed by atoms with E-state index in [1.54, 1.807) is 0 Å². The highest BCUT2D eigenvalue weighted by Crippen LogP contribution is 2.37. The Balaban J connectivity index is 2.68. The second-order valence-corrected chi connectivity index (χ2v) is 10.7. The molecule has 0 amide bonds. The molecule has 0 aliphatic rings. The van der Waals surface area contributed by atoms with E-state index >= 15 is 0 Å². The van der Waals surface area contributed by atoms with Crippen molar-refractivity contribution in [2.45, 2.75) is 18.7 Å². The minimum absolute atomic E-state index is 0.0260. The molecule has 12 heteroatoms. The van der Waals surface area contributed by atoms with E-state index in [0.717, 1.165) is 6.26 Å². The van der Waals surface area contributed by atoms with Crippen LogP contribution in [-0.4, -0.2) is 33.9 Å². The molecule has 2 aromatic rings. The maximum absolute atomic E-state index is 15.0. The number of sulfone groups is 1. The number of hydrogen-bond acceptors (Lipinski definition) is 6. The molecule has 0 radical (unpaired) electrons. The van der Waals surface area contributed by atoms with Crippen LogP contribution in [-0.2, 0) is 19.9 Å². The summed E-state index contributed by atoms with van der Waals surface area (Å²) in [5, 5.41) is 10.7. The quantitative estimate of drug-likeness (QED) is 0.485. The van der Waals surface area contributed by atoms with E-state index in [4.69, 9.17) is 0 Å². The van der Waals surface area contributed by atoms with E-state index in [1.165, 1.54) is 38.1 Å². The van der Waals surface area contributed by atoms with Gasteiger partial charge < -0.3 is 0 Å². The summed E-state index contributed by atoms with van der Waals surface area (Å²) in [6.07, 6.45) is 0.886. The summed E-state index contributed by atoms with van der Waals surface area (Å²) < 4.78 is 64.8. The fraction of sp³-hybridized carbons (Fsp3) is 0.250. The van der Waals surface area contributed by atoms with Crippen molar-refractivity contribution in [1.82, 2.24) is 0 Å². The number of aryl methyl sites for hydroxylation is 2. The maximum Gasteiger partial charge on any atom is 0.305 e. The van der Waals surface area contributed by atoms with Gasteiger partial charge in [0.25, 0.3) is 0 Å². The van der Waals surface area contributed by atoms with Gasteiger partial charge in [-0.3, -0.25) is 14.8 Å². The molecule has 2 aromatic carbocycles. The van der Waals surface area contributed by atoms with Gasteiger partial charge in [-0.15, -0.1) is 0 Å². The number of nitrogens with zero attached hydrogens (tertiary/aromatic N) is 1. The number of anilines is 1. The molecule has 1 N–H and O–H groups in total. The smallest absolute Gasteiger partial charge is 0.281 e. The van der Waals surface area contributed by atoms with Crippen molar-refractivity contribution in [3.05, 3.63) is 55.8 Å². The Morgan fingerprint density at radius 3 is 2.14 bits per heavy atom. The number of hydrogen-bond donors (Lipinski definition) is 1. The van der Waals surface area contributed by atoms with Crippen LogP contribution in [0.4, 0.5) is 10.1 Å². The summed E-state index contributed by atoms with van der Waals surface area (Å²) in [7, 11) is -7.88. The number of rotatable bonds is 6. The van der Waals surface area contributed by atoms with Crippen LogP contribution >= 0.6 is 15.9 Å². The highest BCUT2D eigenvalue weighted by molar-refractivity contribution is 9.10. The van der Waals surface area contributed by atoms with E-state index in [9.17, 15) is 31.3 Å². The molecular formula is C16H16BrFN2O6S2. The monoisotopic (exact) mass is 494 g/mol. The van der Waals surface area contributed by atoms with Crippen molar-refractivity contribution in [2.75, 3.05) is 16.9 Å². The van der Waals surface area contributed by atoms with Crippen molar-refractivity contribution >= 4 is 41.5 Å². The van der Waals surface area contributed by atoms with Crippen LogP contribution in [0, 0.1) is 29.8 Å². The van der Waals surface area contributed by atoms with Gasteiger partial charge in [-0.25, -0.2) is 21.2 Å². The third-order valence-corrected chi connectivity index (χ3v) is 6.79. The predicted octanol–water partition coefficient (Wildman–Crippen LogP) is 3.25. The van der Waals surface area contributed by atoms with Gasteiger partial charge in [0.15, 0.2) is 5.82 Å². The van der Waals surface area contributed by atoms with Crippen LogP contribution in [0.1, 0.15) is 11.1 Å². The minimum atomic E-state index is -4.17. The Morgan fingerprint density at radius 1 is 1.14 bits per heavy atom. The average molecular weight is 495 g/mol. The predicted molar refractivity (Wildman–Crippen MR) is 107 cm³/mol. The summed E-state index contributed by atoms with van der Waals surface area (Å²) in [4.78, 5) is 9.54. The molecule has 2 rings (SSSR count). The van der Waals surface area contributed by atoms with Crippen molar-refractivity contribution in [3.63, 3.8) is 0 Å². The van der Waals surface area contributed by atoms with Gasteiger partial charge in [-0.05, 0) is 54.8 Å². The molecule has 0 aliphatic carbocycles. The maximum atomic E-state index is 15.0. The summed E-state index contributed by atoms with van der Waals surface area (Å²) in [6.45, 7) is 2.90. The van der Waals surface area contributed by atoms with Gasteiger partial charge in [0.2, 0.25) is 19.9 Å². The minimum Gasteiger partial charge on any atom is -0.281 e. The second-order valence-electron chi connectivity index (χ2n) is 6.17. The van der Waals surface area contributed by atoms with Gasteiger partial charge in [0.1, 0.15) is 0 Å². The van der Waals surface area contributed by atoms with Crippen LogP contribution in [0.25, 0.3) is 11.1 Å². The van der Waals surface area contributed by atoms with Crippen molar-refractivity contribution < 1.29 is 26.1 Å². The summed E-state index contributed by atoms with van der Waals surface area (Å²) in [5.74, 6) is -2.10. The summed E-state index contributed by atoms with van der Waals surface area (Å²) in [5.41, 5.74) is 0.477. The number of nitro groups is 1. The van der Waals surface area contributed by atoms with Crippen molar-refractivity contribution in [2.24, 2.45) is 0 Å². The largest absolute Gasteiger partial charge is 0.305 e. The molecule has 0 aromatic heterocycles. The van der Waals surface area contributed by atoms with Crippen LogP contribution in [0.2, 0.25) is 0 Å². The molecule has 0 saturated carbocycles. The number of sulfonamides is 1. The first-order chi connectivity index (χ1) is 12.7. The standard InChI is InChI=1S/C16H16BrFN2O6S2/c1-9-6-11(7-10(2)16(9)28(25,26)8-20(21)22)14-12(17)4-5-13(15(14)18)19-27(3,23)24/h4-7,19H,8H2,1-3H3. The van der Waals surface area contributed by atoms with Gasteiger partial charge in [0, 0.05) is 15.0 Å². The van der Waals surface area contributed by atoms with E-state index in [2.05, 4.69) is 20.7 Å². The first kappa shape index (κ1) is 22.2. The van der Waals surface area contributed by atoms with Crippen molar-refractivity contribution in [1.29, 1.82) is 0 Å². The van der Waals surface area contributed by atoms with Gasteiger partial charge in [-0.2, -0.15) is 0 Å². The summed E-state index contributed by atoms with van der Waals surface area (Å²) in [6, 6.07) is 5.47. The van der Waals surface area contributed by atoms with Crippen LogP contribution < -0.4 is 4.72 Å². The lowest BCUT2D eigenvalue weighted by Crippen LogP contribution is -2.17. The normalized spacial score (nSPS) is 12.0. The highest BCUT2D eigenvalue weighted by Gasteiger charge is 2.27. The molecule has 0 aliphatic heterocycles. The lowest BCUT2D eigenvalue weighted by Gasteiger charge is -2.15. The molecule has 0 heterocycles. The highest BCUT2D eigenvalue weighted by atomic mass is 79.9. The molecule has 0 bridgehead atoms. The van der Waals surface area contributed by atoms with Crippen LogP contribution in [0.15, 0.2) is 33.6 Å². The van der Waals surface area contributed by atoms with E-state index in [1.807, 2.05) is 0 Å². The Morgan fingerprint density at radius 2 is 1.68 bits per heavy atom. The van der Waals surface area contributed by atoms with Gasteiger partial charge >= 0.3 is 5.88 Å². The second kappa shape index (κ2) is 7.76. The molecular weight excluding hydrogens is 479 g/mol. The zero-order valence-electron chi connectivity index (χ0n) is 15.0. The molecule has 0 spiro atoms. The first-order valence-corrected chi connectivity index (χ1v) is 12.0. The molecule has 0 atom stereocenters. The van der Waals surface area contributed by atoms with Crippen molar-refractivity contribution in [3.8, 4) is 11.1 Å². The fourth-order valence-electron chi connectivity index (χ4n) is 2.88. The van der Waals surface area contributed by atoms with E-state index in [-0.39, 0.29) is 32.8 Å². The van der Waals surface area contributed by atoms with Gasteiger partial charge in [-0.1, -0.05) is 15.9 Å². The Hall–Kier alpha value is -2.05. The number of nitrogens with one attached hydrogen (secondary N) is 1. The third-order valence-electron chi connectivity index (χ3n) is 3.72. The third kappa shape index (κ3) is 4.86. The zero-order chi connectivity index (χ0) is 21.4. The van der Waals surface area contributed by atoms with Crippen LogP contribution in [0.3, 0.4) is 0 Å². The number of halogens is 2. The fourth-order valence-corrected chi connectivity index (χ4v) is 5.48. The Bertz CT molecular complexity index is 1160. The molecule has 28 heavy (non-hydrogen) atoms. The van der Waals surface area contributed by atoms with E-state index in [0.29, 0.717) is 4.47 Å². The molecule has 8 nitrogen and oxygen atoms in total. The van der Waals surface area contributed by atoms with E-state index < -0.39 is 36.5 Å². The number of benzene rings is 2. The van der Waals surface area contributed by atoms with Crippen LogP contribution in [0.5, 0.6) is 0 Å². The molecule has 152 valence electrons. The Labute approximate surface area is 170 Å². The molecule has 0 fully saturated rings. The molecule has 0 saturated heterocycles. The average Bonchev–Trinajstić information content (AvgIpc) is 2.46. The zero-order valence-corrected chi connectivity index (χ0v) is 18.2. The topological polar surface area (TPSA) is 123 Å². The lowest BCUT2D eigenvalue weighted by molar-refractivity contribution is -0.458.